The van der Waals surface area contributed by atoms with Crippen LogP contribution < -0.4 is 11.1 Å². The number of nitrogen functional groups attached to an aromatic ring is 1. The lowest BCUT2D eigenvalue weighted by molar-refractivity contribution is -0.116. The van der Waals surface area contributed by atoms with Gasteiger partial charge in [-0.2, -0.15) is 0 Å². The summed E-state index contributed by atoms with van der Waals surface area (Å²) < 4.78 is 1.08. The van der Waals surface area contributed by atoms with Crippen molar-refractivity contribution in [2.75, 3.05) is 16.8 Å². The smallest absolute Gasteiger partial charge is 0.224 e. The van der Waals surface area contributed by atoms with Crippen LogP contribution in [0.3, 0.4) is 0 Å². The van der Waals surface area contributed by atoms with E-state index in [1.54, 1.807) is 23.9 Å². The predicted molar refractivity (Wildman–Crippen MR) is 93.6 cm³/mol. The number of rotatable bonds is 6. The van der Waals surface area contributed by atoms with E-state index in [1.807, 2.05) is 24.3 Å². The van der Waals surface area contributed by atoms with E-state index >= 15 is 0 Å². The molecule has 0 aliphatic carbocycles. The molecule has 110 valence electrons. The standard InChI is InChI=1S/C16H17BrN2OS/c17-12-6-8-15(9-7-12)21-10-2-5-16(20)19-14-4-1-3-13(18)11-14/h1,3-4,6-9,11H,2,5,10,18H2,(H,19,20). The van der Waals surface area contributed by atoms with Crippen molar-refractivity contribution < 1.29 is 4.79 Å². The lowest BCUT2D eigenvalue weighted by Gasteiger charge is -2.06. The van der Waals surface area contributed by atoms with Gasteiger partial charge in [-0.05, 0) is 54.6 Å². The van der Waals surface area contributed by atoms with Crippen molar-refractivity contribution in [2.24, 2.45) is 0 Å². The van der Waals surface area contributed by atoms with E-state index in [4.69, 9.17) is 5.73 Å². The largest absolute Gasteiger partial charge is 0.399 e. The van der Waals surface area contributed by atoms with Gasteiger partial charge >= 0.3 is 0 Å². The van der Waals surface area contributed by atoms with Crippen LogP contribution in [0.2, 0.25) is 0 Å². The zero-order valence-corrected chi connectivity index (χ0v) is 13.9. The number of hydrogen-bond acceptors (Lipinski definition) is 3. The molecular weight excluding hydrogens is 348 g/mol. The Morgan fingerprint density at radius 1 is 1.19 bits per heavy atom. The summed E-state index contributed by atoms with van der Waals surface area (Å²) in [6.45, 7) is 0. The van der Waals surface area contributed by atoms with Crippen LogP contribution in [0.25, 0.3) is 0 Å². The fourth-order valence-corrected chi connectivity index (χ4v) is 2.91. The van der Waals surface area contributed by atoms with E-state index in [0.29, 0.717) is 12.1 Å². The first kappa shape index (κ1) is 15.9. The fourth-order valence-electron chi connectivity index (χ4n) is 1.79. The van der Waals surface area contributed by atoms with Gasteiger partial charge in [0.05, 0.1) is 0 Å². The zero-order chi connectivity index (χ0) is 15.1. The van der Waals surface area contributed by atoms with Gasteiger partial charge in [0.1, 0.15) is 0 Å². The quantitative estimate of drug-likeness (QED) is 0.449. The highest BCUT2D eigenvalue weighted by atomic mass is 79.9. The average Bonchev–Trinajstić information content (AvgIpc) is 2.45. The highest BCUT2D eigenvalue weighted by Gasteiger charge is 2.03. The number of hydrogen-bond donors (Lipinski definition) is 2. The molecule has 3 N–H and O–H groups in total. The third-order valence-electron chi connectivity index (χ3n) is 2.80. The van der Waals surface area contributed by atoms with Crippen LogP contribution in [-0.4, -0.2) is 11.7 Å². The number of nitrogens with two attached hydrogens (primary N) is 1. The molecular formula is C16H17BrN2OS. The van der Waals surface area contributed by atoms with Gasteiger partial charge < -0.3 is 11.1 Å². The van der Waals surface area contributed by atoms with Crippen LogP contribution in [0.5, 0.6) is 0 Å². The van der Waals surface area contributed by atoms with E-state index in [2.05, 4.69) is 33.4 Å². The number of benzene rings is 2. The van der Waals surface area contributed by atoms with Crippen molar-refractivity contribution in [2.45, 2.75) is 17.7 Å². The molecule has 0 atom stereocenters. The van der Waals surface area contributed by atoms with Gasteiger partial charge in [-0.3, -0.25) is 4.79 Å². The molecule has 1 amide bonds. The fraction of sp³-hybridized carbons (Fsp3) is 0.188. The molecule has 0 heterocycles. The topological polar surface area (TPSA) is 55.1 Å². The number of carbonyl (C=O) groups excluding carboxylic acids is 1. The summed E-state index contributed by atoms with van der Waals surface area (Å²) in [6, 6.07) is 15.4. The molecule has 0 spiro atoms. The van der Waals surface area contributed by atoms with Gasteiger partial charge in [-0.25, -0.2) is 0 Å². The van der Waals surface area contributed by atoms with Gasteiger partial charge in [0.15, 0.2) is 0 Å². The van der Waals surface area contributed by atoms with Crippen molar-refractivity contribution in [3.05, 3.63) is 53.0 Å². The molecule has 5 heteroatoms. The first-order valence-electron chi connectivity index (χ1n) is 6.67. The molecule has 0 fully saturated rings. The maximum absolute atomic E-state index is 11.8. The second-order valence-electron chi connectivity index (χ2n) is 4.58. The van der Waals surface area contributed by atoms with Crippen LogP contribution in [0, 0.1) is 0 Å². The van der Waals surface area contributed by atoms with Crippen LogP contribution in [0.1, 0.15) is 12.8 Å². The van der Waals surface area contributed by atoms with E-state index < -0.39 is 0 Å². The number of nitrogens with one attached hydrogen (secondary N) is 1. The first-order valence-corrected chi connectivity index (χ1v) is 8.45. The lowest BCUT2D eigenvalue weighted by Crippen LogP contribution is -2.11. The number of thioether (sulfide) groups is 1. The number of anilines is 2. The highest BCUT2D eigenvalue weighted by Crippen LogP contribution is 2.21. The highest BCUT2D eigenvalue weighted by molar-refractivity contribution is 9.10. The summed E-state index contributed by atoms with van der Waals surface area (Å²) >= 11 is 5.17. The second kappa shape index (κ2) is 8.10. The van der Waals surface area contributed by atoms with Crippen LogP contribution >= 0.6 is 27.7 Å². The normalized spacial score (nSPS) is 10.3. The Bertz CT molecular complexity index is 601. The SMILES string of the molecule is Nc1cccc(NC(=O)CCCSc2ccc(Br)cc2)c1. The predicted octanol–water partition coefficient (Wildman–Crippen LogP) is 4.54. The molecule has 2 aromatic carbocycles. The van der Waals surface area contributed by atoms with Crippen molar-refractivity contribution >= 4 is 45.0 Å². The van der Waals surface area contributed by atoms with E-state index in [9.17, 15) is 4.79 Å². The average molecular weight is 365 g/mol. The van der Waals surface area contributed by atoms with E-state index in [1.165, 1.54) is 4.90 Å². The van der Waals surface area contributed by atoms with E-state index in [-0.39, 0.29) is 5.91 Å². The van der Waals surface area contributed by atoms with Crippen molar-refractivity contribution in [1.29, 1.82) is 0 Å². The molecule has 0 saturated heterocycles. The van der Waals surface area contributed by atoms with E-state index in [0.717, 1.165) is 22.3 Å². The maximum atomic E-state index is 11.8. The number of halogens is 1. The van der Waals surface area contributed by atoms with Gasteiger partial charge in [-0.1, -0.05) is 22.0 Å². The Morgan fingerprint density at radius 3 is 2.67 bits per heavy atom. The molecule has 0 saturated carbocycles. The van der Waals surface area contributed by atoms with Crippen LogP contribution in [0.4, 0.5) is 11.4 Å². The summed E-state index contributed by atoms with van der Waals surface area (Å²) in [7, 11) is 0. The monoisotopic (exact) mass is 364 g/mol. The Morgan fingerprint density at radius 2 is 1.95 bits per heavy atom. The first-order chi connectivity index (χ1) is 10.1. The minimum absolute atomic E-state index is 0.0250. The molecule has 21 heavy (non-hydrogen) atoms. The third kappa shape index (κ3) is 5.81. The number of amides is 1. The molecule has 0 aliphatic heterocycles. The molecule has 0 unspecified atom stereocenters. The summed E-state index contributed by atoms with van der Waals surface area (Å²) in [5.74, 6) is 0.948. The maximum Gasteiger partial charge on any atom is 0.224 e. The van der Waals surface area contributed by atoms with Crippen molar-refractivity contribution in [3.63, 3.8) is 0 Å². The Hall–Kier alpha value is -1.46. The summed E-state index contributed by atoms with van der Waals surface area (Å²) in [5.41, 5.74) is 7.08. The second-order valence-corrected chi connectivity index (χ2v) is 6.66. The van der Waals surface area contributed by atoms with Gasteiger partial charge in [0.2, 0.25) is 5.91 Å². The molecule has 0 aliphatic rings. The third-order valence-corrected chi connectivity index (χ3v) is 4.43. The van der Waals surface area contributed by atoms with Gasteiger partial charge in [-0.15, -0.1) is 11.8 Å². The van der Waals surface area contributed by atoms with Crippen molar-refractivity contribution in [1.82, 2.24) is 0 Å². The summed E-state index contributed by atoms with van der Waals surface area (Å²) in [5, 5.41) is 2.85. The number of carbonyl (C=O) groups is 1. The Labute approximate surface area is 137 Å². The lowest BCUT2D eigenvalue weighted by atomic mass is 10.2. The molecule has 2 aromatic rings. The van der Waals surface area contributed by atoms with Crippen molar-refractivity contribution in [3.8, 4) is 0 Å². The Balaban J connectivity index is 1.68. The zero-order valence-electron chi connectivity index (χ0n) is 11.5. The summed E-state index contributed by atoms with van der Waals surface area (Å²) in [4.78, 5) is 13.0. The molecule has 2 rings (SSSR count). The summed E-state index contributed by atoms with van der Waals surface area (Å²) in [6.07, 6.45) is 1.35. The van der Waals surface area contributed by atoms with Gasteiger partial charge in [0.25, 0.3) is 0 Å². The minimum atomic E-state index is 0.0250. The molecule has 0 radical (unpaired) electrons. The molecule has 3 nitrogen and oxygen atoms in total. The minimum Gasteiger partial charge on any atom is -0.399 e. The van der Waals surface area contributed by atoms with Crippen LogP contribution in [0.15, 0.2) is 57.9 Å². The Kier molecular flexibility index (Phi) is 6.14. The van der Waals surface area contributed by atoms with Gasteiger partial charge in [0, 0.05) is 27.2 Å². The molecule has 0 bridgehead atoms. The van der Waals surface area contributed by atoms with Crippen LogP contribution in [-0.2, 0) is 4.79 Å². The molecule has 0 aromatic heterocycles.